The summed E-state index contributed by atoms with van der Waals surface area (Å²) < 4.78 is 29.0. The van der Waals surface area contributed by atoms with Gasteiger partial charge in [-0.3, -0.25) is 4.79 Å². The molecule has 0 saturated carbocycles. The fraction of sp³-hybridized carbons (Fsp3) is 0.133. The standard InChI is InChI=1S/C15H12BrF2NO2/c16-13-4-2-1-3-12(13)14(20)19-9-10-5-7-11(8-6-10)21-15(17)18/h1-8,15H,9H2,(H,19,20). The Morgan fingerprint density at radius 1 is 1.14 bits per heavy atom. The lowest BCUT2D eigenvalue weighted by atomic mass is 10.2. The quantitative estimate of drug-likeness (QED) is 0.880. The van der Waals surface area contributed by atoms with Gasteiger partial charge in [-0.1, -0.05) is 24.3 Å². The summed E-state index contributed by atoms with van der Waals surface area (Å²) >= 11 is 3.31. The molecule has 0 radical (unpaired) electrons. The van der Waals surface area contributed by atoms with Crippen LogP contribution in [0.3, 0.4) is 0 Å². The fourth-order valence-electron chi connectivity index (χ4n) is 1.71. The average molecular weight is 356 g/mol. The molecule has 0 atom stereocenters. The van der Waals surface area contributed by atoms with E-state index in [1.165, 1.54) is 12.1 Å². The molecule has 21 heavy (non-hydrogen) atoms. The smallest absolute Gasteiger partial charge is 0.387 e. The molecule has 2 aromatic rings. The maximum atomic E-state index is 12.0. The maximum absolute atomic E-state index is 12.0. The van der Waals surface area contributed by atoms with Crippen molar-refractivity contribution in [1.82, 2.24) is 5.32 Å². The summed E-state index contributed by atoms with van der Waals surface area (Å²) in [6.45, 7) is -2.54. The minimum atomic E-state index is -2.84. The van der Waals surface area contributed by atoms with Crippen molar-refractivity contribution in [1.29, 1.82) is 0 Å². The third-order valence-electron chi connectivity index (χ3n) is 2.72. The molecule has 0 fully saturated rings. The topological polar surface area (TPSA) is 38.3 Å². The number of alkyl halides is 2. The Morgan fingerprint density at radius 2 is 1.81 bits per heavy atom. The monoisotopic (exact) mass is 355 g/mol. The summed E-state index contributed by atoms with van der Waals surface area (Å²) in [6, 6.07) is 13.2. The molecule has 2 aromatic carbocycles. The van der Waals surface area contributed by atoms with Gasteiger partial charge in [-0.05, 0) is 45.8 Å². The Bertz CT molecular complexity index is 617. The number of carbonyl (C=O) groups is 1. The molecular formula is C15H12BrF2NO2. The third-order valence-corrected chi connectivity index (χ3v) is 3.41. The highest BCUT2D eigenvalue weighted by molar-refractivity contribution is 9.10. The molecule has 0 aliphatic carbocycles. The van der Waals surface area contributed by atoms with Crippen molar-refractivity contribution in [2.75, 3.05) is 0 Å². The Morgan fingerprint density at radius 3 is 2.43 bits per heavy atom. The third kappa shape index (κ3) is 4.53. The Labute approximate surface area is 129 Å². The Hall–Kier alpha value is -1.95. The van der Waals surface area contributed by atoms with Crippen LogP contribution < -0.4 is 10.1 Å². The molecule has 1 amide bonds. The van der Waals surface area contributed by atoms with Crippen molar-refractivity contribution in [2.24, 2.45) is 0 Å². The molecule has 0 unspecified atom stereocenters. The zero-order valence-corrected chi connectivity index (χ0v) is 12.4. The van der Waals surface area contributed by atoms with E-state index in [0.29, 0.717) is 16.6 Å². The van der Waals surface area contributed by atoms with Gasteiger partial charge < -0.3 is 10.1 Å². The molecule has 0 spiro atoms. The molecule has 2 rings (SSSR count). The van der Waals surface area contributed by atoms with E-state index in [1.54, 1.807) is 30.3 Å². The first-order valence-electron chi connectivity index (χ1n) is 6.13. The zero-order valence-electron chi connectivity index (χ0n) is 10.9. The largest absolute Gasteiger partial charge is 0.435 e. The predicted octanol–water partition coefficient (Wildman–Crippen LogP) is 3.98. The molecule has 0 aliphatic rings. The zero-order chi connectivity index (χ0) is 15.2. The van der Waals surface area contributed by atoms with Gasteiger partial charge in [-0.2, -0.15) is 8.78 Å². The Balaban J connectivity index is 1.94. The predicted molar refractivity (Wildman–Crippen MR) is 78.4 cm³/mol. The van der Waals surface area contributed by atoms with Crippen LogP contribution in [0.1, 0.15) is 15.9 Å². The normalized spacial score (nSPS) is 10.5. The molecule has 110 valence electrons. The molecule has 0 aromatic heterocycles. The van der Waals surface area contributed by atoms with E-state index < -0.39 is 6.61 Å². The van der Waals surface area contributed by atoms with Crippen LogP contribution in [0.15, 0.2) is 53.0 Å². The fourth-order valence-corrected chi connectivity index (χ4v) is 2.18. The minimum Gasteiger partial charge on any atom is -0.435 e. The van der Waals surface area contributed by atoms with Gasteiger partial charge in [0, 0.05) is 11.0 Å². The number of nitrogens with one attached hydrogen (secondary N) is 1. The number of benzene rings is 2. The van der Waals surface area contributed by atoms with Crippen LogP contribution in [0.5, 0.6) is 5.75 Å². The van der Waals surface area contributed by atoms with Crippen LogP contribution in [0.25, 0.3) is 0 Å². The summed E-state index contributed by atoms with van der Waals surface area (Å²) in [5, 5.41) is 2.76. The van der Waals surface area contributed by atoms with E-state index in [2.05, 4.69) is 26.0 Å². The van der Waals surface area contributed by atoms with Gasteiger partial charge in [0.05, 0.1) is 5.56 Å². The molecule has 0 heterocycles. The molecular weight excluding hydrogens is 344 g/mol. The molecule has 1 N–H and O–H groups in total. The van der Waals surface area contributed by atoms with Gasteiger partial charge in [0.1, 0.15) is 5.75 Å². The van der Waals surface area contributed by atoms with Crippen molar-refractivity contribution >= 4 is 21.8 Å². The number of ether oxygens (including phenoxy) is 1. The molecule has 0 bridgehead atoms. The van der Waals surface area contributed by atoms with Gasteiger partial charge in [-0.25, -0.2) is 0 Å². The van der Waals surface area contributed by atoms with E-state index in [4.69, 9.17) is 0 Å². The highest BCUT2D eigenvalue weighted by Gasteiger charge is 2.09. The summed E-state index contributed by atoms with van der Waals surface area (Å²) in [4.78, 5) is 12.0. The number of amides is 1. The molecule has 0 saturated heterocycles. The molecule has 3 nitrogen and oxygen atoms in total. The lowest BCUT2D eigenvalue weighted by Gasteiger charge is -2.08. The Kier molecular flexibility index (Phi) is 5.27. The minimum absolute atomic E-state index is 0.0888. The van der Waals surface area contributed by atoms with Gasteiger partial charge in [-0.15, -0.1) is 0 Å². The van der Waals surface area contributed by atoms with Crippen LogP contribution in [-0.2, 0) is 6.54 Å². The number of hydrogen-bond donors (Lipinski definition) is 1. The van der Waals surface area contributed by atoms with Crippen molar-refractivity contribution in [3.05, 3.63) is 64.1 Å². The van der Waals surface area contributed by atoms with Crippen LogP contribution in [0.2, 0.25) is 0 Å². The van der Waals surface area contributed by atoms with E-state index in [-0.39, 0.29) is 11.7 Å². The second kappa shape index (κ2) is 7.17. The first-order chi connectivity index (χ1) is 10.1. The highest BCUT2D eigenvalue weighted by atomic mass is 79.9. The number of hydrogen-bond acceptors (Lipinski definition) is 2. The summed E-state index contributed by atoms with van der Waals surface area (Å²) in [7, 11) is 0. The number of halogens is 3. The van der Waals surface area contributed by atoms with Crippen LogP contribution in [-0.4, -0.2) is 12.5 Å². The lowest BCUT2D eigenvalue weighted by Crippen LogP contribution is -2.23. The van der Waals surface area contributed by atoms with Crippen LogP contribution in [0, 0.1) is 0 Å². The number of rotatable bonds is 5. The second-order valence-corrected chi connectivity index (χ2v) is 5.04. The average Bonchev–Trinajstić information content (AvgIpc) is 2.46. The summed E-state index contributed by atoms with van der Waals surface area (Å²) in [5.74, 6) is -0.124. The van der Waals surface area contributed by atoms with E-state index in [1.807, 2.05) is 6.07 Å². The summed E-state index contributed by atoms with van der Waals surface area (Å²) in [5.41, 5.74) is 1.33. The first-order valence-corrected chi connectivity index (χ1v) is 6.92. The van der Waals surface area contributed by atoms with Gasteiger partial charge in [0.15, 0.2) is 0 Å². The summed E-state index contributed by atoms with van der Waals surface area (Å²) in [6.07, 6.45) is 0. The van der Waals surface area contributed by atoms with Gasteiger partial charge in [0.25, 0.3) is 5.91 Å². The van der Waals surface area contributed by atoms with Crippen molar-refractivity contribution in [3.8, 4) is 5.75 Å². The maximum Gasteiger partial charge on any atom is 0.387 e. The molecule has 0 aliphatic heterocycles. The van der Waals surface area contributed by atoms with Gasteiger partial charge >= 0.3 is 6.61 Å². The van der Waals surface area contributed by atoms with E-state index >= 15 is 0 Å². The van der Waals surface area contributed by atoms with Gasteiger partial charge in [0.2, 0.25) is 0 Å². The van der Waals surface area contributed by atoms with E-state index in [9.17, 15) is 13.6 Å². The van der Waals surface area contributed by atoms with Crippen LogP contribution >= 0.6 is 15.9 Å². The van der Waals surface area contributed by atoms with E-state index in [0.717, 1.165) is 5.56 Å². The first kappa shape index (κ1) is 15.4. The van der Waals surface area contributed by atoms with Crippen molar-refractivity contribution < 1.29 is 18.3 Å². The highest BCUT2D eigenvalue weighted by Crippen LogP contribution is 2.17. The van der Waals surface area contributed by atoms with Crippen LogP contribution in [0.4, 0.5) is 8.78 Å². The SMILES string of the molecule is O=C(NCc1ccc(OC(F)F)cc1)c1ccccc1Br. The molecule has 6 heteroatoms. The number of carbonyl (C=O) groups excluding carboxylic acids is 1. The second-order valence-electron chi connectivity index (χ2n) is 4.18. The van der Waals surface area contributed by atoms with Crippen molar-refractivity contribution in [3.63, 3.8) is 0 Å². The lowest BCUT2D eigenvalue weighted by molar-refractivity contribution is -0.0498. The van der Waals surface area contributed by atoms with Crippen molar-refractivity contribution in [2.45, 2.75) is 13.2 Å².